The molecule has 4 rings (SSSR count). The van der Waals surface area contributed by atoms with Gasteiger partial charge in [-0.2, -0.15) is 14.9 Å². The normalized spacial score (nSPS) is 11.2. The second kappa shape index (κ2) is 7.66. The molecule has 0 spiro atoms. The van der Waals surface area contributed by atoms with Crippen LogP contribution in [-0.2, 0) is 0 Å². The summed E-state index contributed by atoms with van der Waals surface area (Å²) in [4.78, 5) is 0. The van der Waals surface area contributed by atoms with Crippen molar-refractivity contribution in [1.29, 1.82) is 0 Å². The van der Waals surface area contributed by atoms with E-state index in [-0.39, 0.29) is 0 Å². The predicted octanol–water partition coefficient (Wildman–Crippen LogP) is 4.66. The van der Waals surface area contributed by atoms with E-state index < -0.39 is 0 Å². The van der Waals surface area contributed by atoms with Gasteiger partial charge < -0.3 is 9.47 Å². The van der Waals surface area contributed by atoms with Gasteiger partial charge in [-0.05, 0) is 41.2 Å². The lowest BCUT2D eigenvalue weighted by Crippen LogP contribution is -1.97. The predicted molar refractivity (Wildman–Crippen MR) is 113 cm³/mol. The van der Waals surface area contributed by atoms with Crippen molar-refractivity contribution in [1.82, 2.24) is 14.9 Å². The molecule has 0 aliphatic carbocycles. The van der Waals surface area contributed by atoms with Crippen molar-refractivity contribution in [2.75, 3.05) is 14.2 Å². The lowest BCUT2D eigenvalue weighted by Gasteiger charge is -2.09. The lowest BCUT2D eigenvalue weighted by atomic mass is 10.1. The van der Waals surface area contributed by atoms with E-state index in [2.05, 4.69) is 33.5 Å². The van der Waals surface area contributed by atoms with E-state index in [4.69, 9.17) is 21.7 Å². The van der Waals surface area contributed by atoms with Gasteiger partial charge in [-0.1, -0.05) is 42.5 Å². The molecule has 0 saturated heterocycles. The summed E-state index contributed by atoms with van der Waals surface area (Å²) in [5, 5.41) is 14.0. The molecule has 0 amide bonds. The van der Waals surface area contributed by atoms with Crippen LogP contribution in [0, 0.1) is 4.77 Å². The van der Waals surface area contributed by atoms with Gasteiger partial charge in [0.15, 0.2) is 17.3 Å². The third-order valence-electron chi connectivity index (χ3n) is 4.43. The molecule has 1 heterocycles. The second-order valence-electron chi connectivity index (χ2n) is 6.05. The number of nitrogens with one attached hydrogen (secondary N) is 1. The Morgan fingerprint density at radius 3 is 2.61 bits per heavy atom. The fourth-order valence-electron chi connectivity index (χ4n) is 3.04. The fourth-order valence-corrected chi connectivity index (χ4v) is 3.22. The number of methoxy groups -OCH3 is 2. The van der Waals surface area contributed by atoms with Gasteiger partial charge in [-0.15, -0.1) is 0 Å². The van der Waals surface area contributed by atoms with Crippen LogP contribution in [0.5, 0.6) is 11.5 Å². The Morgan fingerprint density at radius 2 is 1.79 bits per heavy atom. The molecule has 1 aromatic heterocycles. The van der Waals surface area contributed by atoms with Crippen LogP contribution in [0.4, 0.5) is 0 Å². The Hall–Kier alpha value is -3.45. The van der Waals surface area contributed by atoms with Gasteiger partial charge in [0.25, 0.3) is 0 Å². The minimum atomic E-state index is 0.404. The van der Waals surface area contributed by atoms with Crippen LogP contribution >= 0.6 is 12.2 Å². The average Bonchev–Trinajstić information content (AvgIpc) is 3.12. The molecular weight excluding hydrogens is 372 g/mol. The molecule has 6 nitrogen and oxygen atoms in total. The van der Waals surface area contributed by atoms with E-state index in [0.717, 1.165) is 21.9 Å². The number of nitrogens with zero attached hydrogens (tertiary/aromatic N) is 3. The summed E-state index contributed by atoms with van der Waals surface area (Å²) in [6, 6.07) is 19.8. The zero-order valence-electron chi connectivity index (χ0n) is 15.4. The van der Waals surface area contributed by atoms with E-state index in [1.54, 1.807) is 25.1 Å². The SMILES string of the molecule is COc1ccc(-c2n[nH]c(=S)n2N=Cc2cccc3ccccc23)cc1OC. The summed E-state index contributed by atoms with van der Waals surface area (Å²) < 4.78 is 12.7. The Labute approximate surface area is 167 Å². The summed E-state index contributed by atoms with van der Waals surface area (Å²) in [6.07, 6.45) is 1.79. The molecule has 4 aromatic rings. The third kappa shape index (κ3) is 3.27. The molecule has 0 unspecified atom stereocenters. The smallest absolute Gasteiger partial charge is 0.216 e. The molecule has 140 valence electrons. The molecule has 0 bridgehead atoms. The van der Waals surface area contributed by atoms with Crippen LogP contribution in [0.25, 0.3) is 22.2 Å². The third-order valence-corrected chi connectivity index (χ3v) is 4.69. The number of H-pyrrole nitrogens is 1. The Kier molecular flexibility index (Phi) is 4.90. The van der Waals surface area contributed by atoms with Crippen molar-refractivity contribution in [2.45, 2.75) is 0 Å². The first-order chi connectivity index (χ1) is 13.7. The Balaban J connectivity index is 1.77. The van der Waals surface area contributed by atoms with Crippen LogP contribution < -0.4 is 9.47 Å². The monoisotopic (exact) mass is 390 g/mol. The van der Waals surface area contributed by atoms with E-state index in [1.807, 2.05) is 42.5 Å². The van der Waals surface area contributed by atoms with E-state index in [0.29, 0.717) is 22.1 Å². The molecule has 0 saturated carbocycles. The van der Waals surface area contributed by atoms with Crippen molar-refractivity contribution in [3.63, 3.8) is 0 Å². The molecular formula is C21H18N4O2S. The van der Waals surface area contributed by atoms with Gasteiger partial charge in [0.05, 0.1) is 20.4 Å². The first-order valence-corrected chi connectivity index (χ1v) is 9.04. The number of aromatic nitrogens is 3. The molecule has 7 heteroatoms. The molecule has 3 aromatic carbocycles. The van der Waals surface area contributed by atoms with Gasteiger partial charge >= 0.3 is 0 Å². The molecule has 1 N–H and O–H groups in total. The Morgan fingerprint density at radius 1 is 1.00 bits per heavy atom. The fraction of sp³-hybridized carbons (Fsp3) is 0.0952. The first-order valence-electron chi connectivity index (χ1n) is 8.63. The maximum absolute atomic E-state index is 5.39. The molecule has 0 fully saturated rings. The zero-order valence-corrected chi connectivity index (χ0v) is 16.2. The van der Waals surface area contributed by atoms with Gasteiger partial charge in [0, 0.05) is 11.1 Å². The summed E-state index contributed by atoms with van der Waals surface area (Å²) in [5.41, 5.74) is 1.81. The second-order valence-corrected chi connectivity index (χ2v) is 6.43. The quantitative estimate of drug-likeness (QED) is 0.398. The minimum Gasteiger partial charge on any atom is -0.493 e. The van der Waals surface area contributed by atoms with Gasteiger partial charge in [-0.25, -0.2) is 5.10 Å². The summed E-state index contributed by atoms with van der Waals surface area (Å²) >= 11 is 5.37. The molecule has 0 radical (unpaired) electrons. The molecule has 0 aliphatic rings. The van der Waals surface area contributed by atoms with Crippen LogP contribution in [0.1, 0.15) is 5.56 Å². The van der Waals surface area contributed by atoms with Crippen LogP contribution in [0.2, 0.25) is 0 Å². The van der Waals surface area contributed by atoms with Crippen molar-refractivity contribution >= 4 is 29.2 Å². The van der Waals surface area contributed by atoms with Crippen molar-refractivity contribution in [2.24, 2.45) is 5.10 Å². The standard InChI is InChI=1S/C21H18N4O2S/c1-26-18-11-10-15(12-19(18)27-2)20-23-24-21(28)25(20)22-13-16-8-5-7-14-6-3-4-9-17(14)16/h3-13H,1-2H3,(H,24,28). The van der Waals surface area contributed by atoms with Crippen LogP contribution in [0.15, 0.2) is 65.8 Å². The van der Waals surface area contributed by atoms with Crippen molar-refractivity contribution < 1.29 is 9.47 Å². The molecule has 0 aliphatic heterocycles. The number of benzene rings is 3. The highest BCUT2D eigenvalue weighted by Crippen LogP contribution is 2.31. The first kappa shape index (κ1) is 17.9. The number of hydrogen-bond donors (Lipinski definition) is 1. The highest BCUT2D eigenvalue weighted by Gasteiger charge is 2.12. The number of ether oxygens (including phenoxy) is 2. The number of hydrogen-bond acceptors (Lipinski definition) is 5. The van der Waals surface area contributed by atoms with Crippen LogP contribution in [0.3, 0.4) is 0 Å². The highest BCUT2D eigenvalue weighted by molar-refractivity contribution is 7.71. The van der Waals surface area contributed by atoms with E-state index >= 15 is 0 Å². The number of aromatic amines is 1. The Bertz CT molecular complexity index is 1220. The summed E-state index contributed by atoms with van der Waals surface area (Å²) in [5.74, 6) is 1.84. The van der Waals surface area contributed by atoms with Gasteiger partial charge in [0.1, 0.15) is 0 Å². The zero-order chi connectivity index (χ0) is 19.5. The minimum absolute atomic E-state index is 0.404. The maximum Gasteiger partial charge on any atom is 0.216 e. The summed E-state index contributed by atoms with van der Waals surface area (Å²) in [6.45, 7) is 0. The van der Waals surface area contributed by atoms with Gasteiger partial charge in [-0.3, -0.25) is 0 Å². The molecule has 0 atom stereocenters. The summed E-state index contributed by atoms with van der Waals surface area (Å²) in [7, 11) is 3.19. The van der Waals surface area contributed by atoms with Crippen LogP contribution in [-0.4, -0.2) is 35.3 Å². The number of rotatable bonds is 5. The largest absolute Gasteiger partial charge is 0.493 e. The van der Waals surface area contributed by atoms with E-state index in [9.17, 15) is 0 Å². The lowest BCUT2D eigenvalue weighted by molar-refractivity contribution is 0.355. The maximum atomic E-state index is 5.39. The average molecular weight is 390 g/mol. The van der Waals surface area contributed by atoms with E-state index in [1.165, 1.54) is 0 Å². The van der Waals surface area contributed by atoms with Crippen molar-refractivity contribution in [3.05, 3.63) is 71.0 Å². The molecule has 28 heavy (non-hydrogen) atoms. The number of fused-ring (bicyclic) bond motifs is 1. The van der Waals surface area contributed by atoms with Crippen molar-refractivity contribution in [3.8, 4) is 22.9 Å². The topological polar surface area (TPSA) is 64.4 Å². The highest BCUT2D eigenvalue weighted by atomic mass is 32.1. The van der Waals surface area contributed by atoms with Gasteiger partial charge in [0.2, 0.25) is 4.77 Å².